The second-order valence-electron chi connectivity index (χ2n) is 6.64. The van der Waals surface area contributed by atoms with E-state index in [0.717, 1.165) is 5.46 Å². The molecule has 1 fully saturated rings. The molecule has 1 aromatic heterocycles. The first-order valence-electron chi connectivity index (χ1n) is 6.63. The van der Waals surface area contributed by atoms with Crippen molar-refractivity contribution in [2.75, 3.05) is 0 Å². The van der Waals surface area contributed by atoms with E-state index in [1.165, 1.54) is 0 Å². The number of H-pyrrole nitrogens is 1. The van der Waals surface area contributed by atoms with Gasteiger partial charge in [0.05, 0.1) is 5.60 Å². The third-order valence-corrected chi connectivity index (χ3v) is 3.47. The van der Waals surface area contributed by atoms with Crippen LogP contribution >= 0.6 is 0 Å². The minimum Gasteiger partial charge on any atom is -0.458 e. The fourth-order valence-electron chi connectivity index (χ4n) is 1.96. The van der Waals surface area contributed by atoms with Gasteiger partial charge in [-0.2, -0.15) is 5.10 Å². The van der Waals surface area contributed by atoms with Gasteiger partial charge >= 0.3 is 13.1 Å². The Hall–Kier alpha value is -1.34. The normalized spacial score (nSPS) is 25.8. The maximum Gasteiger partial charge on any atom is 0.498 e. The van der Waals surface area contributed by atoms with Crippen molar-refractivity contribution in [2.45, 2.75) is 58.3 Å². The van der Waals surface area contributed by atoms with Gasteiger partial charge in [0.2, 0.25) is 0 Å². The lowest BCUT2D eigenvalue weighted by atomic mass is 9.82. The molecule has 1 atom stereocenters. The molecule has 7 heteroatoms. The largest absolute Gasteiger partial charge is 0.498 e. The predicted molar refractivity (Wildman–Crippen MR) is 74.5 cm³/mol. The molecule has 0 bridgehead atoms. The van der Waals surface area contributed by atoms with E-state index in [9.17, 15) is 4.79 Å². The maximum atomic E-state index is 12.5. The monoisotopic (exact) mass is 280 g/mol. The summed E-state index contributed by atoms with van der Waals surface area (Å²) in [5.74, 6) is -0.430. The fourth-order valence-corrected chi connectivity index (χ4v) is 1.96. The summed E-state index contributed by atoms with van der Waals surface area (Å²) in [6.07, 6.45) is 3.29. The van der Waals surface area contributed by atoms with Gasteiger partial charge in [-0.3, -0.25) is 5.10 Å². The molecule has 1 aromatic rings. The molecule has 1 saturated heterocycles. The van der Waals surface area contributed by atoms with Gasteiger partial charge in [0.1, 0.15) is 5.60 Å². The Morgan fingerprint density at radius 2 is 2.00 bits per heavy atom. The number of esters is 1. The van der Waals surface area contributed by atoms with Gasteiger partial charge in [-0.05, 0) is 41.5 Å². The number of hydrogen-bond donors (Lipinski definition) is 1. The molecule has 1 unspecified atom stereocenters. The van der Waals surface area contributed by atoms with Gasteiger partial charge < -0.3 is 14.0 Å². The first-order valence-corrected chi connectivity index (χ1v) is 6.63. The summed E-state index contributed by atoms with van der Waals surface area (Å²) in [5, 5.41) is 6.57. The quantitative estimate of drug-likeness (QED) is 0.647. The molecule has 6 nitrogen and oxygen atoms in total. The molecule has 0 spiro atoms. The topological polar surface area (TPSA) is 73.4 Å². The predicted octanol–water partition coefficient (Wildman–Crippen LogP) is 1.03. The van der Waals surface area contributed by atoms with Crippen LogP contribution in [-0.4, -0.2) is 40.1 Å². The van der Waals surface area contributed by atoms with E-state index in [1.54, 1.807) is 19.3 Å². The summed E-state index contributed by atoms with van der Waals surface area (Å²) in [5.41, 5.74) is -1.82. The van der Waals surface area contributed by atoms with E-state index in [0.29, 0.717) is 0 Å². The highest BCUT2D eigenvalue weighted by molar-refractivity contribution is 6.62. The van der Waals surface area contributed by atoms with Gasteiger partial charge in [0, 0.05) is 17.9 Å². The third kappa shape index (κ3) is 2.60. The molecule has 0 aliphatic carbocycles. The zero-order chi connectivity index (χ0) is 15.2. The molecule has 1 N–H and O–H groups in total. The number of nitrogens with zero attached hydrogens (tertiary/aromatic N) is 1. The van der Waals surface area contributed by atoms with Crippen molar-refractivity contribution in [1.82, 2.24) is 10.2 Å². The molecule has 2 rings (SSSR count). The summed E-state index contributed by atoms with van der Waals surface area (Å²) in [6, 6.07) is 0. The lowest BCUT2D eigenvalue weighted by Gasteiger charge is -2.36. The zero-order valence-electron chi connectivity index (χ0n) is 12.8. The number of aromatic nitrogens is 2. The molecular weight excluding hydrogens is 259 g/mol. The summed E-state index contributed by atoms with van der Waals surface area (Å²) in [4.78, 5) is 12.5. The first-order chi connectivity index (χ1) is 9.05. The highest BCUT2D eigenvalue weighted by Gasteiger charge is 2.60. The van der Waals surface area contributed by atoms with Crippen LogP contribution in [0.1, 0.15) is 41.5 Å². The van der Waals surface area contributed by atoms with Crippen molar-refractivity contribution in [3.63, 3.8) is 0 Å². The van der Waals surface area contributed by atoms with Crippen molar-refractivity contribution < 1.29 is 18.8 Å². The third-order valence-electron chi connectivity index (χ3n) is 3.47. The number of nitrogens with one attached hydrogen (secondary N) is 1. The Labute approximate surface area is 119 Å². The van der Waals surface area contributed by atoms with Crippen LogP contribution in [0.3, 0.4) is 0 Å². The van der Waals surface area contributed by atoms with Crippen LogP contribution in [0.25, 0.3) is 0 Å². The second-order valence-corrected chi connectivity index (χ2v) is 6.64. The van der Waals surface area contributed by atoms with Crippen LogP contribution in [0.5, 0.6) is 0 Å². The van der Waals surface area contributed by atoms with Crippen molar-refractivity contribution in [1.29, 1.82) is 0 Å². The van der Waals surface area contributed by atoms with Gasteiger partial charge in [-0.15, -0.1) is 0 Å². The molecule has 20 heavy (non-hydrogen) atoms. The highest BCUT2D eigenvalue weighted by atomic mass is 16.7. The minimum atomic E-state index is -1.18. The Bertz CT molecular complexity index is 495. The summed E-state index contributed by atoms with van der Waals surface area (Å²) in [6.45, 7) is 10.8. The van der Waals surface area contributed by atoms with E-state index >= 15 is 0 Å². The van der Waals surface area contributed by atoms with Crippen LogP contribution in [0.4, 0.5) is 0 Å². The lowest BCUT2D eigenvalue weighted by molar-refractivity contribution is -0.179. The molecule has 1 aliphatic rings. The van der Waals surface area contributed by atoms with Crippen LogP contribution in [0.2, 0.25) is 0 Å². The standard InChI is InChI=1S/C13H21BN2O4/c1-11(2,3)18-10(17)13(6)12(4,5)19-14(20-13)9-7-15-16-8-9/h7-8H,1-6H3,(H,15,16). The minimum absolute atomic E-state index is 0.430. The Balaban J connectivity index is 2.24. The lowest BCUT2D eigenvalue weighted by Crippen LogP contribution is -2.53. The molecule has 2 heterocycles. The molecule has 110 valence electrons. The van der Waals surface area contributed by atoms with E-state index in [-0.39, 0.29) is 0 Å². The SMILES string of the molecule is CC(C)(C)OC(=O)C1(C)OB(c2cn[nH]c2)OC1(C)C. The van der Waals surface area contributed by atoms with Crippen LogP contribution < -0.4 is 5.46 Å². The molecule has 0 radical (unpaired) electrons. The fraction of sp³-hybridized carbons (Fsp3) is 0.692. The molecule has 0 saturated carbocycles. The van der Waals surface area contributed by atoms with Crippen molar-refractivity contribution in [2.24, 2.45) is 0 Å². The number of carbonyl (C=O) groups is 1. The van der Waals surface area contributed by atoms with Crippen molar-refractivity contribution in [3.05, 3.63) is 12.4 Å². The summed E-state index contributed by atoms with van der Waals surface area (Å²) in [7, 11) is -0.638. The van der Waals surface area contributed by atoms with Crippen LogP contribution in [0, 0.1) is 0 Å². The molecular formula is C13H21BN2O4. The van der Waals surface area contributed by atoms with Crippen LogP contribution in [-0.2, 0) is 18.8 Å². The summed E-state index contributed by atoms with van der Waals surface area (Å²) >= 11 is 0. The van der Waals surface area contributed by atoms with E-state index < -0.39 is 29.9 Å². The van der Waals surface area contributed by atoms with Gasteiger partial charge in [0.15, 0.2) is 5.60 Å². The van der Waals surface area contributed by atoms with Crippen molar-refractivity contribution >= 4 is 18.6 Å². The maximum absolute atomic E-state index is 12.5. The van der Waals surface area contributed by atoms with Crippen molar-refractivity contribution in [3.8, 4) is 0 Å². The average Bonchev–Trinajstić information content (AvgIpc) is 2.84. The summed E-state index contributed by atoms with van der Waals surface area (Å²) < 4.78 is 17.2. The second kappa shape index (κ2) is 4.60. The zero-order valence-corrected chi connectivity index (χ0v) is 12.8. The number of aromatic amines is 1. The number of ether oxygens (including phenoxy) is 1. The Morgan fingerprint density at radius 1 is 1.35 bits per heavy atom. The number of rotatable bonds is 2. The van der Waals surface area contributed by atoms with Crippen LogP contribution in [0.15, 0.2) is 12.4 Å². The average molecular weight is 280 g/mol. The Kier molecular flexibility index (Phi) is 3.46. The molecule has 1 aliphatic heterocycles. The Morgan fingerprint density at radius 3 is 2.50 bits per heavy atom. The van der Waals surface area contributed by atoms with E-state index in [2.05, 4.69) is 10.2 Å². The van der Waals surface area contributed by atoms with E-state index in [4.69, 9.17) is 14.0 Å². The van der Waals surface area contributed by atoms with Gasteiger partial charge in [-0.25, -0.2) is 4.79 Å². The van der Waals surface area contributed by atoms with E-state index in [1.807, 2.05) is 34.6 Å². The van der Waals surface area contributed by atoms with Gasteiger partial charge in [0.25, 0.3) is 0 Å². The smallest absolute Gasteiger partial charge is 0.458 e. The first kappa shape index (κ1) is 15.1. The number of carbonyl (C=O) groups excluding carboxylic acids is 1. The van der Waals surface area contributed by atoms with Gasteiger partial charge in [-0.1, -0.05) is 0 Å². The molecule has 0 amide bonds. The highest BCUT2D eigenvalue weighted by Crippen LogP contribution is 2.38. The molecule has 0 aromatic carbocycles. The number of hydrogen-bond acceptors (Lipinski definition) is 5.